The van der Waals surface area contributed by atoms with Gasteiger partial charge in [0.2, 0.25) is 5.88 Å². The van der Waals surface area contributed by atoms with Crippen LogP contribution in [0.15, 0.2) is 0 Å². The van der Waals surface area contributed by atoms with Crippen molar-refractivity contribution in [3.05, 3.63) is 22.4 Å². The van der Waals surface area contributed by atoms with Gasteiger partial charge >= 0.3 is 0 Å². The molecule has 5 heteroatoms. The molecule has 3 rings (SSSR count). The normalized spacial score (nSPS) is 19.4. The molecule has 0 spiro atoms. The van der Waals surface area contributed by atoms with Gasteiger partial charge in [-0.1, -0.05) is 25.7 Å². The molecule has 4 nitrogen and oxygen atoms in total. The monoisotopic (exact) mass is 336 g/mol. The fourth-order valence-electron chi connectivity index (χ4n) is 4.44. The van der Waals surface area contributed by atoms with E-state index in [1.165, 1.54) is 31.2 Å². The number of pyridine rings is 1. The predicted octanol–water partition coefficient (Wildman–Crippen LogP) is 4.24. The molecule has 2 N–H and O–H groups in total. The number of aromatic nitrogens is 1. The van der Waals surface area contributed by atoms with E-state index in [0.717, 1.165) is 36.9 Å². The molecule has 0 unspecified atom stereocenters. The van der Waals surface area contributed by atoms with Gasteiger partial charge in [0.25, 0.3) is 5.91 Å². The number of ether oxygens (including phenoxy) is 1. The summed E-state index contributed by atoms with van der Waals surface area (Å²) in [5.74, 6) is 1.09. The molecule has 1 aromatic rings. The number of primary amides is 1. The Morgan fingerprint density at radius 1 is 1.13 bits per heavy atom. The molecule has 0 aromatic carbocycles. The fourth-order valence-corrected chi connectivity index (χ4v) is 4.64. The van der Waals surface area contributed by atoms with Gasteiger partial charge in [0.15, 0.2) is 0 Å². The van der Waals surface area contributed by atoms with E-state index in [0.29, 0.717) is 29.2 Å². The Labute approximate surface area is 142 Å². The molecule has 2 aliphatic rings. The smallest absolute Gasteiger partial charge is 0.254 e. The van der Waals surface area contributed by atoms with Crippen molar-refractivity contribution in [2.75, 3.05) is 7.11 Å². The van der Waals surface area contributed by atoms with Crippen molar-refractivity contribution in [1.29, 1.82) is 0 Å². The van der Waals surface area contributed by atoms with Crippen LogP contribution in [0, 0.1) is 0 Å². The summed E-state index contributed by atoms with van der Waals surface area (Å²) >= 11 is 6.22. The van der Waals surface area contributed by atoms with E-state index in [-0.39, 0.29) is 0 Å². The maximum absolute atomic E-state index is 12.2. The average molecular weight is 337 g/mol. The largest absolute Gasteiger partial charge is 0.480 e. The fraction of sp³-hybridized carbons (Fsp3) is 0.667. The highest BCUT2D eigenvalue weighted by atomic mass is 35.5. The van der Waals surface area contributed by atoms with Gasteiger partial charge in [0, 0.05) is 0 Å². The van der Waals surface area contributed by atoms with Crippen molar-refractivity contribution < 1.29 is 9.53 Å². The number of rotatable bonds is 5. The lowest BCUT2D eigenvalue weighted by Gasteiger charge is -2.25. The number of carbonyl (C=O) groups is 1. The summed E-state index contributed by atoms with van der Waals surface area (Å²) in [5, 5.41) is 0. The van der Waals surface area contributed by atoms with E-state index in [9.17, 15) is 4.79 Å². The van der Waals surface area contributed by atoms with Crippen LogP contribution in [0.2, 0.25) is 0 Å². The number of hydrogen-bond acceptors (Lipinski definition) is 3. The Morgan fingerprint density at radius 2 is 1.65 bits per heavy atom. The first-order valence-corrected chi connectivity index (χ1v) is 9.17. The van der Waals surface area contributed by atoms with Crippen LogP contribution < -0.4 is 10.5 Å². The molecular weight excluding hydrogens is 312 g/mol. The maximum atomic E-state index is 12.2. The molecule has 0 bridgehead atoms. The minimum atomic E-state index is -0.434. The predicted molar refractivity (Wildman–Crippen MR) is 91.3 cm³/mol. The summed E-state index contributed by atoms with van der Waals surface area (Å²) in [6, 6.07) is 0. The van der Waals surface area contributed by atoms with E-state index in [2.05, 4.69) is 4.98 Å². The lowest BCUT2D eigenvalue weighted by Crippen LogP contribution is -2.21. The minimum absolute atomic E-state index is 0.344. The second-order valence-electron chi connectivity index (χ2n) is 6.73. The molecule has 23 heavy (non-hydrogen) atoms. The molecule has 0 atom stereocenters. The Kier molecular flexibility index (Phi) is 5.10. The molecule has 0 radical (unpaired) electrons. The lowest BCUT2D eigenvalue weighted by atomic mass is 9.82. The summed E-state index contributed by atoms with van der Waals surface area (Å²) < 4.78 is 5.40. The highest BCUT2D eigenvalue weighted by molar-refractivity contribution is 6.17. The van der Waals surface area contributed by atoms with Gasteiger partial charge in [-0.2, -0.15) is 0 Å². The van der Waals surface area contributed by atoms with Crippen molar-refractivity contribution in [3.8, 4) is 5.88 Å². The summed E-state index contributed by atoms with van der Waals surface area (Å²) in [6.45, 7) is 0. The first kappa shape index (κ1) is 16.6. The summed E-state index contributed by atoms with van der Waals surface area (Å²) in [7, 11) is 1.54. The SMILES string of the molecule is COc1nc(CCl)c(C2CCCC2)c(C2CCCC2)c1C(N)=O. The van der Waals surface area contributed by atoms with Crippen LogP contribution >= 0.6 is 11.6 Å². The van der Waals surface area contributed by atoms with Crippen LogP contribution in [0.5, 0.6) is 5.88 Å². The standard InChI is InChI=1S/C18H25ClN2O2/c1-23-18-16(17(20)22)15(12-8-4-5-9-12)14(13(10-19)21-18)11-6-2-3-7-11/h11-12H,2-10H2,1H3,(H2,20,22). The van der Waals surface area contributed by atoms with Gasteiger partial charge in [-0.15, -0.1) is 11.6 Å². The van der Waals surface area contributed by atoms with Crippen LogP contribution in [0.4, 0.5) is 0 Å². The zero-order valence-corrected chi connectivity index (χ0v) is 14.5. The van der Waals surface area contributed by atoms with E-state index in [1.54, 1.807) is 7.11 Å². The first-order valence-electron chi connectivity index (χ1n) is 8.63. The third-order valence-electron chi connectivity index (χ3n) is 5.41. The quantitative estimate of drug-likeness (QED) is 0.818. The van der Waals surface area contributed by atoms with Crippen molar-refractivity contribution >= 4 is 17.5 Å². The van der Waals surface area contributed by atoms with Crippen molar-refractivity contribution in [2.45, 2.75) is 69.1 Å². The Morgan fingerprint density at radius 3 is 2.09 bits per heavy atom. The molecule has 0 aliphatic heterocycles. The number of halogens is 1. The van der Waals surface area contributed by atoms with Crippen molar-refractivity contribution in [2.24, 2.45) is 5.73 Å². The zero-order chi connectivity index (χ0) is 16.4. The topological polar surface area (TPSA) is 65.2 Å². The molecule has 1 aromatic heterocycles. The molecule has 2 saturated carbocycles. The number of methoxy groups -OCH3 is 1. The molecular formula is C18H25ClN2O2. The van der Waals surface area contributed by atoms with Gasteiger partial charge < -0.3 is 10.5 Å². The first-order chi connectivity index (χ1) is 11.2. The minimum Gasteiger partial charge on any atom is -0.480 e. The number of hydrogen-bond donors (Lipinski definition) is 1. The second-order valence-corrected chi connectivity index (χ2v) is 7.00. The molecule has 1 amide bonds. The molecule has 2 aliphatic carbocycles. The number of amides is 1. The van der Waals surface area contributed by atoms with E-state index >= 15 is 0 Å². The summed E-state index contributed by atoms with van der Waals surface area (Å²) in [5.41, 5.74) is 9.41. The maximum Gasteiger partial charge on any atom is 0.254 e. The Hall–Kier alpha value is -1.29. The van der Waals surface area contributed by atoms with Crippen LogP contribution in [0.25, 0.3) is 0 Å². The molecule has 2 fully saturated rings. The van der Waals surface area contributed by atoms with Crippen molar-refractivity contribution in [1.82, 2.24) is 4.98 Å². The van der Waals surface area contributed by atoms with Crippen LogP contribution in [-0.2, 0) is 5.88 Å². The van der Waals surface area contributed by atoms with Crippen LogP contribution in [0.1, 0.15) is 90.4 Å². The summed E-state index contributed by atoms with van der Waals surface area (Å²) in [6.07, 6.45) is 9.37. The van der Waals surface area contributed by atoms with Gasteiger partial charge in [-0.05, 0) is 48.6 Å². The lowest BCUT2D eigenvalue weighted by molar-refractivity contribution is 0.0995. The number of carbonyl (C=O) groups excluding carboxylic acids is 1. The number of nitrogens with two attached hydrogens (primary N) is 1. The van der Waals surface area contributed by atoms with Gasteiger partial charge in [-0.3, -0.25) is 4.79 Å². The average Bonchev–Trinajstić information content (AvgIpc) is 3.25. The van der Waals surface area contributed by atoms with E-state index < -0.39 is 5.91 Å². The zero-order valence-electron chi connectivity index (χ0n) is 13.7. The third kappa shape index (κ3) is 3.06. The molecule has 0 saturated heterocycles. The van der Waals surface area contributed by atoms with E-state index in [4.69, 9.17) is 22.1 Å². The van der Waals surface area contributed by atoms with Crippen LogP contribution in [0.3, 0.4) is 0 Å². The van der Waals surface area contributed by atoms with Crippen LogP contribution in [-0.4, -0.2) is 18.0 Å². The Balaban J connectivity index is 2.25. The number of alkyl halides is 1. The van der Waals surface area contributed by atoms with Gasteiger partial charge in [0.05, 0.1) is 18.7 Å². The molecule has 126 valence electrons. The van der Waals surface area contributed by atoms with Gasteiger partial charge in [-0.25, -0.2) is 4.98 Å². The third-order valence-corrected chi connectivity index (χ3v) is 5.67. The molecule has 1 heterocycles. The Bertz CT molecular complexity index is 591. The number of nitrogens with zero attached hydrogens (tertiary/aromatic N) is 1. The van der Waals surface area contributed by atoms with Gasteiger partial charge in [0.1, 0.15) is 5.56 Å². The second kappa shape index (κ2) is 7.08. The van der Waals surface area contributed by atoms with Crippen molar-refractivity contribution in [3.63, 3.8) is 0 Å². The summed E-state index contributed by atoms with van der Waals surface area (Å²) in [4.78, 5) is 16.7. The highest BCUT2D eigenvalue weighted by Gasteiger charge is 2.34. The highest BCUT2D eigenvalue weighted by Crippen LogP contribution is 2.46. The van der Waals surface area contributed by atoms with E-state index in [1.807, 2.05) is 0 Å².